The highest BCUT2D eigenvalue weighted by molar-refractivity contribution is 5.23. The van der Waals surface area contributed by atoms with Gasteiger partial charge in [-0.25, -0.2) is 8.78 Å². The lowest BCUT2D eigenvalue weighted by molar-refractivity contribution is 0.164. The maximum Gasteiger partial charge on any atom is 0.240 e. The van der Waals surface area contributed by atoms with Crippen LogP contribution < -0.4 is 0 Å². The topological polar surface area (TPSA) is 71.6 Å². The second-order valence-corrected chi connectivity index (χ2v) is 5.55. The van der Waals surface area contributed by atoms with E-state index in [4.69, 9.17) is 9.26 Å². The summed E-state index contributed by atoms with van der Waals surface area (Å²) in [7, 11) is 1.53. The largest absolute Gasteiger partial charge is 0.392 e. The van der Waals surface area contributed by atoms with Gasteiger partial charge in [-0.15, -0.1) is 0 Å². The van der Waals surface area contributed by atoms with E-state index in [9.17, 15) is 13.9 Å². The number of hydrogen-bond donors (Lipinski definition) is 1. The fraction of sp³-hybridized carbons (Fsp3) is 0.467. The Morgan fingerprint density at radius 1 is 1.39 bits per heavy atom. The molecule has 1 aromatic heterocycles. The van der Waals surface area contributed by atoms with Crippen LogP contribution in [0.25, 0.3) is 0 Å². The summed E-state index contributed by atoms with van der Waals surface area (Å²) in [6, 6.07) is 3.54. The van der Waals surface area contributed by atoms with Gasteiger partial charge in [-0.05, 0) is 24.1 Å². The second-order valence-electron chi connectivity index (χ2n) is 5.55. The molecule has 1 fully saturated rings. The monoisotopic (exact) mass is 325 g/mol. The molecular weight excluding hydrogens is 308 g/mol. The summed E-state index contributed by atoms with van der Waals surface area (Å²) >= 11 is 0. The molecular formula is C15H17F2N3O3. The number of aliphatic hydroxyl groups is 1. The number of aromatic nitrogens is 2. The number of β-amino-alcohol motifs (C(OH)–C–C–N with tert-alkyl or cyclic N) is 1. The third-order valence-electron chi connectivity index (χ3n) is 3.83. The molecule has 23 heavy (non-hydrogen) atoms. The Morgan fingerprint density at radius 2 is 2.22 bits per heavy atom. The molecule has 2 heterocycles. The number of likely N-dealkylation sites (tertiary alicyclic amines) is 1. The Bertz CT molecular complexity index is 680. The Labute approximate surface area is 131 Å². The Kier molecular flexibility index (Phi) is 4.65. The van der Waals surface area contributed by atoms with Crippen molar-refractivity contribution in [2.24, 2.45) is 0 Å². The van der Waals surface area contributed by atoms with E-state index < -0.39 is 17.7 Å². The molecule has 0 bridgehead atoms. The first-order chi connectivity index (χ1) is 11.1. The molecule has 8 heteroatoms. The smallest absolute Gasteiger partial charge is 0.240 e. The minimum absolute atomic E-state index is 0.238. The van der Waals surface area contributed by atoms with Gasteiger partial charge in [0, 0.05) is 19.7 Å². The first-order valence-corrected chi connectivity index (χ1v) is 7.24. The Hall–Kier alpha value is -1.90. The number of methoxy groups -OCH3 is 1. The maximum absolute atomic E-state index is 13.5. The van der Waals surface area contributed by atoms with Crippen LogP contribution >= 0.6 is 0 Å². The minimum Gasteiger partial charge on any atom is -0.392 e. The molecule has 1 saturated heterocycles. The summed E-state index contributed by atoms with van der Waals surface area (Å²) in [5.74, 6) is -0.964. The van der Waals surface area contributed by atoms with Gasteiger partial charge in [-0.1, -0.05) is 11.2 Å². The van der Waals surface area contributed by atoms with Crippen LogP contribution in [0.15, 0.2) is 22.7 Å². The first kappa shape index (κ1) is 16.0. The van der Waals surface area contributed by atoms with Gasteiger partial charge < -0.3 is 14.4 Å². The lowest BCUT2D eigenvalue weighted by Gasteiger charge is -2.22. The summed E-state index contributed by atoms with van der Waals surface area (Å²) in [5, 5.41) is 13.7. The van der Waals surface area contributed by atoms with E-state index in [1.165, 1.54) is 13.2 Å². The number of halogens is 2. The molecule has 124 valence electrons. The number of nitrogens with zero attached hydrogens (tertiary/aromatic N) is 3. The summed E-state index contributed by atoms with van der Waals surface area (Å²) < 4.78 is 36.6. The minimum atomic E-state index is -0.899. The van der Waals surface area contributed by atoms with E-state index in [-0.39, 0.29) is 12.6 Å². The molecule has 1 aliphatic heterocycles. The number of aliphatic hydroxyl groups excluding tert-OH is 1. The molecule has 0 amide bonds. The zero-order chi connectivity index (χ0) is 16.4. The van der Waals surface area contributed by atoms with Crippen LogP contribution in [-0.4, -0.2) is 39.9 Å². The van der Waals surface area contributed by atoms with Crippen LogP contribution in [0.2, 0.25) is 0 Å². The average Bonchev–Trinajstić information content (AvgIpc) is 3.09. The average molecular weight is 325 g/mol. The van der Waals surface area contributed by atoms with Gasteiger partial charge in [-0.2, -0.15) is 4.98 Å². The van der Waals surface area contributed by atoms with Gasteiger partial charge in [0.2, 0.25) is 5.89 Å². The highest BCUT2D eigenvalue weighted by Crippen LogP contribution is 2.33. The third-order valence-corrected chi connectivity index (χ3v) is 3.83. The molecule has 6 nitrogen and oxygen atoms in total. The van der Waals surface area contributed by atoms with Gasteiger partial charge in [-0.3, -0.25) is 4.90 Å². The van der Waals surface area contributed by atoms with Crippen molar-refractivity contribution in [2.75, 3.05) is 13.7 Å². The molecule has 0 aliphatic carbocycles. The SMILES string of the molecule is COCc1noc(CN2C[C@@H](O)C[C@H]2c2ccc(F)c(F)c2)n1. The van der Waals surface area contributed by atoms with E-state index in [0.717, 1.165) is 12.1 Å². The van der Waals surface area contributed by atoms with Gasteiger partial charge >= 0.3 is 0 Å². The zero-order valence-electron chi connectivity index (χ0n) is 12.6. The molecule has 1 N–H and O–H groups in total. The fourth-order valence-electron chi connectivity index (χ4n) is 2.84. The molecule has 3 rings (SSSR count). The van der Waals surface area contributed by atoms with E-state index in [1.807, 2.05) is 4.90 Å². The van der Waals surface area contributed by atoms with Crippen LogP contribution in [0.3, 0.4) is 0 Å². The van der Waals surface area contributed by atoms with Gasteiger partial charge in [0.1, 0.15) is 6.61 Å². The molecule has 0 radical (unpaired) electrons. The number of hydrogen-bond acceptors (Lipinski definition) is 6. The number of ether oxygens (including phenoxy) is 1. The van der Waals surface area contributed by atoms with Gasteiger partial charge in [0.25, 0.3) is 0 Å². The summed E-state index contributed by atoms with van der Waals surface area (Å²) in [5.41, 5.74) is 0.608. The van der Waals surface area contributed by atoms with E-state index in [0.29, 0.717) is 36.8 Å². The summed E-state index contributed by atoms with van der Waals surface area (Å²) in [4.78, 5) is 6.09. The highest BCUT2D eigenvalue weighted by Gasteiger charge is 2.33. The Morgan fingerprint density at radius 3 is 2.96 bits per heavy atom. The number of rotatable bonds is 5. The summed E-state index contributed by atoms with van der Waals surface area (Å²) in [6.07, 6.45) is -0.112. The standard InChI is InChI=1S/C15H17F2N3O3/c1-22-8-14-18-15(23-19-14)7-20-6-10(21)5-13(20)9-2-3-11(16)12(17)4-9/h2-4,10,13,21H,5-8H2,1H3/t10-,13-/m0/s1. The fourth-order valence-corrected chi connectivity index (χ4v) is 2.84. The molecule has 1 aliphatic rings. The third kappa shape index (κ3) is 3.54. The van der Waals surface area contributed by atoms with Crippen molar-refractivity contribution in [3.05, 3.63) is 47.1 Å². The molecule has 0 spiro atoms. The van der Waals surface area contributed by atoms with E-state index in [1.54, 1.807) is 0 Å². The first-order valence-electron chi connectivity index (χ1n) is 7.24. The van der Waals surface area contributed by atoms with Crippen LogP contribution in [-0.2, 0) is 17.9 Å². The number of benzene rings is 1. The highest BCUT2D eigenvalue weighted by atomic mass is 19.2. The lowest BCUT2D eigenvalue weighted by atomic mass is 10.0. The van der Waals surface area contributed by atoms with E-state index in [2.05, 4.69) is 10.1 Å². The van der Waals surface area contributed by atoms with Crippen molar-refractivity contribution in [3.8, 4) is 0 Å². The van der Waals surface area contributed by atoms with Crippen molar-refractivity contribution in [2.45, 2.75) is 31.7 Å². The van der Waals surface area contributed by atoms with Crippen molar-refractivity contribution < 1.29 is 23.1 Å². The van der Waals surface area contributed by atoms with Crippen LogP contribution in [0.1, 0.15) is 29.7 Å². The second kappa shape index (κ2) is 6.69. The van der Waals surface area contributed by atoms with Crippen molar-refractivity contribution >= 4 is 0 Å². The zero-order valence-corrected chi connectivity index (χ0v) is 12.6. The normalized spacial score (nSPS) is 21.9. The predicted octanol–water partition coefficient (Wildman–Crippen LogP) is 1.80. The van der Waals surface area contributed by atoms with Gasteiger partial charge in [0.05, 0.1) is 12.6 Å². The quantitative estimate of drug-likeness (QED) is 0.904. The lowest BCUT2D eigenvalue weighted by Crippen LogP contribution is -2.24. The summed E-state index contributed by atoms with van der Waals surface area (Å²) in [6.45, 7) is 0.960. The molecule has 2 atom stereocenters. The molecule has 1 aromatic carbocycles. The van der Waals surface area contributed by atoms with Crippen LogP contribution in [0.4, 0.5) is 8.78 Å². The van der Waals surface area contributed by atoms with Crippen LogP contribution in [0, 0.1) is 11.6 Å². The molecule has 2 aromatic rings. The van der Waals surface area contributed by atoms with Crippen molar-refractivity contribution in [1.82, 2.24) is 15.0 Å². The maximum atomic E-state index is 13.5. The molecule has 0 saturated carbocycles. The van der Waals surface area contributed by atoms with Crippen molar-refractivity contribution in [3.63, 3.8) is 0 Å². The molecule has 0 unspecified atom stereocenters. The van der Waals surface area contributed by atoms with Gasteiger partial charge in [0.15, 0.2) is 17.5 Å². The Balaban J connectivity index is 1.77. The van der Waals surface area contributed by atoms with Crippen molar-refractivity contribution in [1.29, 1.82) is 0 Å². The van der Waals surface area contributed by atoms with E-state index >= 15 is 0 Å². The van der Waals surface area contributed by atoms with Crippen LogP contribution in [0.5, 0.6) is 0 Å². The predicted molar refractivity (Wildman–Crippen MR) is 75.1 cm³/mol.